The number of hydrogen-bond acceptors (Lipinski definition) is 6. The first-order valence-electron chi connectivity index (χ1n) is 27.0. The third-order valence-electron chi connectivity index (χ3n) is 11.1. The Bertz CT molecular complexity index is 1390. The van der Waals surface area contributed by atoms with Crippen LogP contribution in [0.1, 0.15) is 206 Å². The molecule has 67 heavy (non-hydrogen) atoms. The summed E-state index contributed by atoms with van der Waals surface area (Å²) in [4.78, 5) is 23.0. The van der Waals surface area contributed by atoms with Crippen LogP contribution >= 0.6 is 7.82 Å². The lowest BCUT2D eigenvalue weighted by Crippen LogP contribution is -2.37. The number of phosphoric ester groups is 1. The van der Waals surface area contributed by atoms with Gasteiger partial charge in [0, 0.05) is 13.0 Å². The molecule has 0 spiro atoms. The predicted molar refractivity (Wildman–Crippen MR) is 288 cm³/mol. The van der Waals surface area contributed by atoms with Crippen LogP contribution in [0.2, 0.25) is 0 Å². The zero-order chi connectivity index (χ0) is 49.0. The molecule has 0 aliphatic rings. The third-order valence-corrected chi connectivity index (χ3v) is 12.1. The second-order valence-corrected chi connectivity index (χ2v) is 20.3. The standard InChI is InChI=1S/C58H102NO7P/c1-6-8-10-12-14-16-18-20-22-24-26-28-29-30-32-34-36-38-40-42-44-46-48-50-53-63-55-57(56-65-67(61,62)64-54-52-59(3,4)5)66-58(60)51-49-47-45-43-41-39-37-35-33-31-27-25-23-21-19-17-15-13-11-9-7-2/h9,11,15,17-18,20-21,23-24,26-27,29-31,35,37,57H,6-8,10,12-14,16,19,22,25,28,32-34,36,38-56H2,1-5H3/p+1/b11-9-,17-15-,20-18-,23-21-,26-24-,30-29-,31-27-,37-35-. The van der Waals surface area contributed by atoms with Gasteiger partial charge in [0.05, 0.1) is 34.4 Å². The van der Waals surface area contributed by atoms with Crippen LogP contribution in [0.5, 0.6) is 0 Å². The number of nitrogens with zero attached hydrogens (tertiary/aromatic N) is 1. The Labute approximate surface area is 413 Å². The first-order valence-corrected chi connectivity index (χ1v) is 28.5. The van der Waals surface area contributed by atoms with Gasteiger partial charge in [0.2, 0.25) is 0 Å². The van der Waals surface area contributed by atoms with Crippen LogP contribution in [-0.4, -0.2) is 75.6 Å². The largest absolute Gasteiger partial charge is 0.472 e. The Morgan fingerprint density at radius 2 is 0.866 bits per heavy atom. The van der Waals surface area contributed by atoms with Crippen molar-refractivity contribution in [3.63, 3.8) is 0 Å². The molecule has 386 valence electrons. The van der Waals surface area contributed by atoms with E-state index in [4.69, 9.17) is 18.5 Å². The van der Waals surface area contributed by atoms with Gasteiger partial charge in [-0.05, 0) is 96.3 Å². The van der Waals surface area contributed by atoms with Gasteiger partial charge < -0.3 is 18.9 Å². The fraction of sp³-hybridized carbons (Fsp3) is 0.707. The number of quaternary nitrogens is 1. The molecule has 0 rings (SSSR count). The first kappa shape index (κ1) is 64.4. The third kappa shape index (κ3) is 54.2. The summed E-state index contributed by atoms with van der Waals surface area (Å²) >= 11 is 0. The second-order valence-electron chi connectivity index (χ2n) is 18.9. The highest BCUT2D eigenvalue weighted by molar-refractivity contribution is 7.47. The fourth-order valence-electron chi connectivity index (χ4n) is 7.00. The van der Waals surface area contributed by atoms with E-state index in [2.05, 4.69) is 111 Å². The number of esters is 1. The summed E-state index contributed by atoms with van der Waals surface area (Å²) < 4.78 is 35.2. The van der Waals surface area contributed by atoms with Gasteiger partial charge in [-0.3, -0.25) is 13.8 Å². The van der Waals surface area contributed by atoms with Crippen LogP contribution in [0, 0.1) is 0 Å². The zero-order valence-electron chi connectivity index (χ0n) is 43.9. The number of allylic oxidation sites excluding steroid dienone is 16. The lowest BCUT2D eigenvalue weighted by molar-refractivity contribution is -0.870. The van der Waals surface area contributed by atoms with E-state index in [1.807, 2.05) is 21.1 Å². The second kappa shape index (κ2) is 49.8. The van der Waals surface area contributed by atoms with Crippen molar-refractivity contribution >= 4 is 13.8 Å². The molecule has 0 saturated heterocycles. The topological polar surface area (TPSA) is 91.3 Å². The molecule has 8 nitrogen and oxygen atoms in total. The number of carbonyl (C=O) groups is 1. The van der Waals surface area contributed by atoms with Gasteiger partial charge >= 0.3 is 13.8 Å². The molecule has 0 bridgehead atoms. The molecule has 0 aliphatic carbocycles. The first-order chi connectivity index (χ1) is 32.6. The minimum atomic E-state index is -4.30. The normalized spacial score (nSPS) is 14.3. The number of carbonyl (C=O) groups excluding carboxylic acids is 1. The Balaban J connectivity index is 4.20. The minimum Gasteiger partial charge on any atom is -0.457 e. The van der Waals surface area contributed by atoms with Crippen molar-refractivity contribution in [2.45, 2.75) is 213 Å². The predicted octanol–water partition coefficient (Wildman–Crippen LogP) is 16.9. The average molecular weight is 957 g/mol. The van der Waals surface area contributed by atoms with Crippen molar-refractivity contribution in [3.8, 4) is 0 Å². The molecule has 0 saturated carbocycles. The summed E-state index contributed by atoms with van der Waals surface area (Å²) in [5, 5.41) is 0. The van der Waals surface area contributed by atoms with Crippen LogP contribution in [-0.2, 0) is 27.9 Å². The maximum absolute atomic E-state index is 12.8. The van der Waals surface area contributed by atoms with Crippen LogP contribution in [0.25, 0.3) is 0 Å². The van der Waals surface area contributed by atoms with Gasteiger partial charge in [-0.1, -0.05) is 201 Å². The van der Waals surface area contributed by atoms with Gasteiger partial charge in [0.25, 0.3) is 0 Å². The molecule has 0 aromatic heterocycles. The lowest BCUT2D eigenvalue weighted by Gasteiger charge is -2.24. The molecule has 0 amide bonds. The number of ether oxygens (including phenoxy) is 2. The molecule has 0 fully saturated rings. The maximum Gasteiger partial charge on any atom is 0.472 e. The van der Waals surface area contributed by atoms with E-state index in [1.54, 1.807) is 0 Å². The summed E-state index contributed by atoms with van der Waals surface area (Å²) in [6, 6.07) is 0. The van der Waals surface area contributed by atoms with E-state index in [9.17, 15) is 14.3 Å². The van der Waals surface area contributed by atoms with Crippen LogP contribution in [0.4, 0.5) is 0 Å². The summed E-state index contributed by atoms with van der Waals surface area (Å²) in [6.45, 7) is 5.45. The number of rotatable bonds is 49. The van der Waals surface area contributed by atoms with Crippen LogP contribution in [0.15, 0.2) is 97.2 Å². The quantitative estimate of drug-likeness (QED) is 0.0213. The smallest absolute Gasteiger partial charge is 0.457 e. The van der Waals surface area contributed by atoms with E-state index >= 15 is 0 Å². The summed E-state index contributed by atoms with van der Waals surface area (Å²) in [5.41, 5.74) is 0. The van der Waals surface area contributed by atoms with E-state index in [0.29, 0.717) is 24.1 Å². The summed E-state index contributed by atoms with van der Waals surface area (Å²) in [5.74, 6) is -0.337. The van der Waals surface area contributed by atoms with Gasteiger partial charge in [-0.25, -0.2) is 4.57 Å². The highest BCUT2D eigenvalue weighted by Gasteiger charge is 2.26. The number of phosphoric acid groups is 1. The molecule has 0 aliphatic heterocycles. The van der Waals surface area contributed by atoms with Crippen molar-refractivity contribution in [2.75, 3.05) is 54.1 Å². The van der Waals surface area contributed by atoms with Crippen LogP contribution < -0.4 is 0 Å². The Morgan fingerprint density at radius 1 is 0.478 bits per heavy atom. The molecule has 0 aromatic carbocycles. The van der Waals surface area contributed by atoms with Gasteiger partial charge in [0.1, 0.15) is 19.3 Å². The lowest BCUT2D eigenvalue weighted by atomic mass is 10.1. The Morgan fingerprint density at radius 3 is 1.30 bits per heavy atom. The van der Waals surface area contributed by atoms with Crippen molar-refractivity contribution in [1.82, 2.24) is 0 Å². The SMILES string of the molecule is CC/C=C\C/C=C\C/C=C\C/C=C\C/C=C\CCCCCCCC(=O)OC(COCCCCCCCCCCC/C=C\C/C=C\C/C=C\CCCCCCC)COP(=O)(O)OCC[N+](C)(C)C. The molecular formula is C58H103NO7P+. The molecule has 0 heterocycles. The monoisotopic (exact) mass is 957 g/mol. The van der Waals surface area contributed by atoms with Crippen molar-refractivity contribution < 1.29 is 37.3 Å². The highest BCUT2D eigenvalue weighted by Crippen LogP contribution is 2.43. The molecule has 9 heteroatoms. The Hall–Kier alpha value is -2.58. The number of hydrogen-bond donors (Lipinski definition) is 1. The fourth-order valence-corrected chi connectivity index (χ4v) is 7.74. The van der Waals surface area contributed by atoms with Gasteiger partial charge in [-0.2, -0.15) is 0 Å². The van der Waals surface area contributed by atoms with Crippen molar-refractivity contribution in [1.29, 1.82) is 0 Å². The van der Waals surface area contributed by atoms with Gasteiger partial charge in [-0.15, -0.1) is 0 Å². The highest BCUT2D eigenvalue weighted by atomic mass is 31.2. The van der Waals surface area contributed by atoms with E-state index < -0.39 is 13.9 Å². The maximum atomic E-state index is 12.8. The molecule has 0 aromatic rings. The van der Waals surface area contributed by atoms with Crippen LogP contribution in [0.3, 0.4) is 0 Å². The van der Waals surface area contributed by atoms with Gasteiger partial charge in [0.15, 0.2) is 0 Å². The summed E-state index contributed by atoms with van der Waals surface area (Å²) in [6.07, 6.45) is 68.8. The minimum absolute atomic E-state index is 0.0778. The molecule has 2 atom stereocenters. The average Bonchev–Trinajstić information content (AvgIpc) is 3.29. The Kier molecular flexibility index (Phi) is 47.9. The molecular weight excluding hydrogens is 854 g/mol. The van der Waals surface area contributed by atoms with E-state index in [0.717, 1.165) is 96.3 Å². The van der Waals surface area contributed by atoms with E-state index in [1.165, 1.54) is 89.9 Å². The van der Waals surface area contributed by atoms with Crippen molar-refractivity contribution in [2.24, 2.45) is 0 Å². The van der Waals surface area contributed by atoms with Crippen molar-refractivity contribution in [3.05, 3.63) is 97.2 Å². The number of likely N-dealkylation sites (N-methyl/N-ethyl adjacent to an activating group) is 1. The molecule has 0 radical (unpaired) electrons. The zero-order valence-corrected chi connectivity index (χ0v) is 44.7. The molecule has 2 unspecified atom stereocenters. The number of unbranched alkanes of at least 4 members (excludes halogenated alkanes) is 19. The summed E-state index contributed by atoms with van der Waals surface area (Å²) in [7, 11) is 1.64. The van der Waals surface area contributed by atoms with E-state index in [-0.39, 0.29) is 25.8 Å². The molecule has 1 N–H and O–H groups in total.